The highest BCUT2D eigenvalue weighted by Gasteiger charge is 2.24. The monoisotopic (exact) mass is 358 g/mol. The second-order valence-corrected chi connectivity index (χ2v) is 6.62. The standard InChI is InChI=1S/C20H24FN3O2/c1-15-7-8-19(26-2)17(13-15)22-20(25)14-23-9-11-24(12-10-23)18-6-4-3-5-16(18)21/h3-8,13H,9-12,14H2,1-2H3,(H,22,25)/p+1. The molecule has 1 amide bonds. The van der Waals surface area contributed by atoms with Crippen molar-refractivity contribution >= 4 is 17.3 Å². The first-order valence-electron chi connectivity index (χ1n) is 8.84. The van der Waals surface area contributed by atoms with Gasteiger partial charge < -0.3 is 19.9 Å². The lowest BCUT2D eigenvalue weighted by atomic mass is 10.2. The Balaban J connectivity index is 1.54. The maximum atomic E-state index is 13.9. The van der Waals surface area contributed by atoms with Gasteiger partial charge in [-0.25, -0.2) is 4.39 Å². The molecule has 0 aliphatic carbocycles. The lowest BCUT2D eigenvalue weighted by Gasteiger charge is -2.33. The number of halogens is 1. The van der Waals surface area contributed by atoms with Crippen LogP contribution in [-0.4, -0.2) is 45.7 Å². The number of ether oxygens (including phenoxy) is 1. The van der Waals surface area contributed by atoms with E-state index in [1.165, 1.54) is 11.0 Å². The summed E-state index contributed by atoms with van der Waals surface area (Å²) in [6.07, 6.45) is 0. The highest BCUT2D eigenvalue weighted by atomic mass is 19.1. The van der Waals surface area contributed by atoms with E-state index in [0.29, 0.717) is 23.7 Å². The highest BCUT2D eigenvalue weighted by molar-refractivity contribution is 5.93. The summed E-state index contributed by atoms with van der Waals surface area (Å²) in [4.78, 5) is 15.6. The van der Waals surface area contributed by atoms with Crippen molar-refractivity contribution in [3.05, 3.63) is 53.8 Å². The Morgan fingerprint density at radius 2 is 1.96 bits per heavy atom. The average molecular weight is 358 g/mol. The van der Waals surface area contributed by atoms with Gasteiger partial charge in [0.1, 0.15) is 11.6 Å². The number of nitrogens with one attached hydrogen (secondary N) is 2. The van der Waals surface area contributed by atoms with Crippen LogP contribution >= 0.6 is 0 Å². The fraction of sp³-hybridized carbons (Fsp3) is 0.350. The van der Waals surface area contributed by atoms with Crippen LogP contribution in [0.5, 0.6) is 5.75 Å². The molecule has 1 saturated heterocycles. The van der Waals surface area contributed by atoms with Crippen molar-refractivity contribution in [3.63, 3.8) is 0 Å². The van der Waals surface area contributed by atoms with Crippen LogP contribution in [0.3, 0.4) is 0 Å². The fourth-order valence-electron chi connectivity index (χ4n) is 3.29. The number of methoxy groups -OCH3 is 1. The fourth-order valence-corrected chi connectivity index (χ4v) is 3.29. The van der Waals surface area contributed by atoms with Crippen molar-refractivity contribution < 1.29 is 18.8 Å². The molecule has 0 unspecified atom stereocenters. The van der Waals surface area contributed by atoms with Gasteiger partial charge in [-0.3, -0.25) is 4.79 Å². The topological polar surface area (TPSA) is 46.0 Å². The zero-order chi connectivity index (χ0) is 18.5. The predicted octanol–water partition coefficient (Wildman–Crippen LogP) is 1.49. The van der Waals surface area contributed by atoms with Crippen molar-refractivity contribution in [3.8, 4) is 5.75 Å². The van der Waals surface area contributed by atoms with E-state index in [1.807, 2.05) is 36.1 Å². The molecule has 2 N–H and O–H groups in total. The Morgan fingerprint density at radius 3 is 2.65 bits per heavy atom. The van der Waals surface area contributed by atoms with Crippen LogP contribution in [0.15, 0.2) is 42.5 Å². The van der Waals surface area contributed by atoms with E-state index in [-0.39, 0.29) is 11.7 Å². The summed E-state index contributed by atoms with van der Waals surface area (Å²) in [6.45, 7) is 5.43. The lowest BCUT2D eigenvalue weighted by Crippen LogP contribution is -3.15. The average Bonchev–Trinajstić information content (AvgIpc) is 2.63. The molecule has 138 valence electrons. The zero-order valence-corrected chi connectivity index (χ0v) is 15.2. The van der Waals surface area contributed by atoms with Gasteiger partial charge in [0.2, 0.25) is 0 Å². The number of nitrogens with zero attached hydrogens (tertiary/aromatic N) is 1. The number of anilines is 2. The molecule has 3 rings (SSSR count). The smallest absolute Gasteiger partial charge is 0.279 e. The van der Waals surface area contributed by atoms with Gasteiger partial charge in [-0.2, -0.15) is 0 Å². The van der Waals surface area contributed by atoms with Crippen molar-refractivity contribution in [2.24, 2.45) is 0 Å². The van der Waals surface area contributed by atoms with E-state index in [4.69, 9.17) is 4.74 Å². The number of amides is 1. The molecule has 0 spiro atoms. The molecule has 0 aromatic heterocycles. The van der Waals surface area contributed by atoms with Gasteiger partial charge in [-0.15, -0.1) is 0 Å². The Morgan fingerprint density at radius 1 is 1.23 bits per heavy atom. The lowest BCUT2D eigenvalue weighted by molar-refractivity contribution is -0.892. The number of benzene rings is 2. The van der Waals surface area contributed by atoms with Crippen molar-refractivity contribution in [2.75, 3.05) is 50.1 Å². The number of piperazine rings is 1. The summed E-state index contributed by atoms with van der Waals surface area (Å²) in [5.41, 5.74) is 2.40. The summed E-state index contributed by atoms with van der Waals surface area (Å²) >= 11 is 0. The van der Waals surface area contributed by atoms with E-state index < -0.39 is 0 Å². The number of para-hydroxylation sites is 1. The third kappa shape index (κ3) is 4.32. The van der Waals surface area contributed by atoms with E-state index in [1.54, 1.807) is 19.2 Å². The summed E-state index contributed by atoms with van der Waals surface area (Å²) < 4.78 is 19.2. The van der Waals surface area contributed by atoms with Crippen LogP contribution in [0, 0.1) is 12.7 Å². The number of aryl methyl sites for hydroxylation is 1. The summed E-state index contributed by atoms with van der Waals surface area (Å²) in [5.74, 6) is 0.423. The van der Waals surface area contributed by atoms with Crippen molar-refractivity contribution in [2.45, 2.75) is 6.92 Å². The maximum absolute atomic E-state index is 13.9. The largest absolute Gasteiger partial charge is 0.495 e. The molecule has 0 radical (unpaired) electrons. The molecule has 26 heavy (non-hydrogen) atoms. The minimum Gasteiger partial charge on any atom is -0.495 e. The number of hydrogen-bond acceptors (Lipinski definition) is 3. The molecule has 0 atom stereocenters. The first-order valence-corrected chi connectivity index (χ1v) is 8.84. The Labute approximate surface area is 153 Å². The molecule has 5 nitrogen and oxygen atoms in total. The van der Waals surface area contributed by atoms with E-state index in [0.717, 1.165) is 31.7 Å². The summed E-state index contributed by atoms with van der Waals surface area (Å²) in [5, 5.41) is 2.94. The number of rotatable bonds is 5. The van der Waals surface area contributed by atoms with Crippen LogP contribution in [0.1, 0.15) is 5.56 Å². The quantitative estimate of drug-likeness (QED) is 0.851. The highest BCUT2D eigenvalue weighted by Crippen LogP contribution is 2.25. The second-order valence-electron chi connectivity index (χ2n) is 6.62. The van der Waals surface area contributed by atoms with Gasteiger partial charge in [-0.05, 0) is 36.8 Å². The zero-order valence-electron chi connectivity index (χ0n) is 15.2. The number of carbonyl (C=O) groups is 1. The van der Waals surface area contributed by atoms with Crippen LogP contribution in [0.2, 0.25) is 0 Å². The maximum Gasteiger partial charge on any atom is 0.279 e. The molecule has 2 aromatic carbocycles. The molecule has 1 aliphatic heterocycles. The molecule has 2 aromatic rings. The van der Waals surface area contributed by atoms with Gasteiger partial charge in [0.15, 0.2) is 6.54 Å². The SMILES string of the molecule is COc1ccc(C)cc1NC(=O)C[NH+]1CCN(c2ccccc2F)CC1. The van der Waals surface area contributed by atoms with Crippen molar-refractivity contribution in [1.29, 1.82) is 0 Å². The molecule has 1 aliphatic rings. The molecule has 1 fully saturated rings. The summed E-state index contributed by atoms with van der Waals surface area (Å²) in [7, 11) is 1.59. The molecule has 6 heteroatoms. The minimum atomic E-state index is -0.194. The summed E-state index contributed by atoms with van der Waals surface area (Å²) in [6, 6.07) is 12.5. The Hall–Kier alpha value is -2.60. The third-order valence-electron chi connectivity index (χ3n) is 4.70. The molecular weight excluding hydrogens is 333 g/mol. The number of carbonyl (C=O) groups excluding carboxylic acids is 1. The first-order chi connectivity index (χ1) is 12.6. The van der Waals surface area contributed by atoms with E-state index in [2.05, 4.69) is 5.32 Å². The van der Waals surface area contributed by atoms with Gasteiger partial charge in [0, 0.05) is 0 Å². The molecule has 0 bridgehead atoms. The molecular formula is C20H25FN3O2+. The third-order valence-corrected chi connectivity index (χ3v) is 4.70. The molecule has 0 saturated carbocycles. The number of hydrogen-bond donors (Lipinski definition) is 2. The normalized spacial score (nSPS) is 15.0. The Kier molecular flexibility index (Phi) is 5.73. The first kappa shape index (κ1) is 18.2. The number of quaternary nitrogens is 1. The minimum absolute atomic E-state index is 0.0387. The van der Waals surface area contributed by atoms with Gasteiger partial charge in [-0.1, -0.05) is 18.2 Å². The van der Waals surface area contributed by atoms with E-state index >= 15 is 0 Å². The van der Waals surface area contributed by atoms with Crippen LogP contribution in [0.4, 0.5) is 15.8 Å². The van der Waals surface area contributed by atoms with Gasteiger partial charge in [0.05, 0.1) is 44.7 Å². The van der Waals surface area contributed by atoms with Crippen LogP contribution in [-0.2, 0) is 4.79 Å². The molecule has 1 heterocycles. The van der Waals surface area contributed by atoms with Crippen LogP contribution in [0.25, 0.3) is 0 Å². The predicted molar refractivity (Wildman–Crippen MR) is 101 cm³/mol. The van der Waals surface area contributed by atoms with E-state index in [9.17, 15) is 9.18 Å². The Bertz CT molecular complexity index is 773. The van der Waals surface area contributed by atoms with Gasteiger partial charge >= 0.3 is 0 Å². The van der Waals surface area contributed by atoms with Crippen molar-refractivity contribution in [1.82, 2.24) is 0 Å². The second kappa shape index (κ2) is 8.19. The van der Waals surface area contributed by atoms with Crippen LogP contribution < -0.4 is 19.9 Å². The van der Waals surface area contributed by atoms with Gasteiger partial charge in [0.25, 0.3) is 5.91 Å².